The summed E-state index contributed by atoms with van der Waals surface area (Å²) in [5.41, 5.74) is 5.42. The number of benzene rings is 3. The fraction of sp³-hybridized carbons (Fsp3) is 0.323. The number of carbonyl (C=O) groups is 1. The molecule has 4 rings (SSSR count). The molecule has 4 nitrogen and oxygen atoms in total. The molecule has 0 saturated carbocycles. The topological polar surface area (TPSA) is 66.8 Å². The van der Waals surface area contributed by atoms with Gasteiger partial charge >= 0.3 is 5.97 Å². The molecular weight excluding hydrogens is 468 g/mol. The van der Waals surface area contributed by atoms with E-state index in [0.717, 1.165) is 34.4 Å². The Hall–Kier alpha value is -3.02. The zero-order valence-electron chi connectivity index (χ0n) is 21.1. The third kappa shape index (κ3) is 5.85. The maximum atomic E-state index is 13.1. The van der Waals surface area contributed by atoms with E-state index in [-0.39, 0.29) is 23.0 Å². The summed E-state index contributed by atoms with van der Waals surface area (Å²) in [6.07, 6.45) is 1.45. The monoisotopic (exact) mass is 502 g/mol. The van der Waals surface area contributed by atoms with Crippen molar-refractivity contribution in [3.05, 3.63) is 111 Å². The fourth-order valence-electron chi connectivity index (χ4n) is 4.87. The van der Waals surface area contributed by atoms with Gasteiger partial charge in [0.25, 0.3) is 0 Å². The normalized spacial score (nSPS) is 16.8. The van der Waals surface area contributed by atoms with E-state index < -0.39 is 18.2 Å². The van der Waals surface area contributed by atoms with Crippen molar-refractivity contribution in [1.29, 1.82) is 0 Å². The number of ether oxygens (including phenoxy) is 1. The van der Waals surface area contributed by atoms with Gasteiger partial charge < -0.3 is 14.9 Å². The number of aliphatic hydroxyl groups is 2. The number of aliphatic hydroxyl groups excluding tert-OH is 2. The van der Waals surface area contributed by atoms with Crippen LogP contribution in [0.3, 0.4) is 0 Å². The molecule has 0 bridgehead atoms. The van der Waals surface area contributed by atoms with Gasteiger partial charge in [-0.3, -0.25) is 0 Å². The third-order valence-electron chi connectivity index (χ3n) is 6.80. The van der Waals surface area contributed by atoms with Crippen molar-refractivity contribution < 1.29 is 19.7 Å². The van der Waals surface area contributed by atoms with Gasteiger partial charge in [-0.25, -0.2) is 4.79 Å². The van der Waals surface area contributed by atoms with Gasteiger partial charge in [0.15, 0.2) is 0 Å². The number of hydrogen-bond donors (Lipinski definition) is 2. The number of hydrogen-bond acceptors (Lipinski definition) is 5. The minimum atomic E-state index is -0.684. The van der Waals surface area contributed by atoms with Crippen LogP contribution < -0.4 is 0 Å². The predicted octanol–water partition coefficient (Wildman–Crippen LogP) is 7.26. The summed E-state index contributed by atoms with van der Waals surface area (Å²) >= 11 is 1.19. The molecule has 2 atom stereocenters. The van der Waals surface area contributed by atoms with E-state index in [4.69, 9.17) is 4.74 Å². The number of rotatable bonds is 9. The average Bonchev–Trinajstić information content (AvgIpc) is 2.89. The van der Waals surface area contributed by atoms with Crippen LogP contribution in [0, 0.1) is 0 Å². The summed E-state index contributed by atoms with van der Waals surface area (Å²) in [6, 6.07) is 24.4. The largest absolute Gasteiger partial charge is 0.511 e. The summed E-state index contributed by atoms with van der Waals surface area (Å²) in [7, 11) is 0. The lowest BCUT2D eigenvalue weighted by molar-refractivity contribution is -0.146. The van der Waals surface area contributed by atoms with Gasteiger partial charge in [0.1, 0.15) is 16.8 Å². The summed E-state index contributed by atoms with van der Waals surface area (Å²) in [5, 5.41) is 21.4. The zero-order chi connectivity index (χ0) is 25.7. The molecule has 3 aromatic rings. The molecule has 188 valence electrons. The molecule has 0 saturated heterocycles. The van der Waals surface area contributed by atoms with Gasteiger partial charge in [-0.05, 0) is 60.1 Å². The molecule has 0 radical (unpaired) electrons. The molecule has 2 N–H and O–H groups in total. The molecule has 1 aliphatic rings. The minimum absolute atomic E-state index is 0.0442. The first kappa shape index (κ1) is 26.1. The highest BCUT2D eigenvalue weighted by Crippen LogP contribution is 2.41. The molecule has 0 fully saturated rings. The van der Waals surface area contributed by atoms with E-state index >= 15 is 0 Å². The van der Waals surface area contributed by atoms with Crippen molar-refractivity contribution in [2.75, 3.05) is 0 Å². The van der Waals surface area contributed by atoms with Crippen LogP contribution in [0.1, 0.15) is 73.5 Å². The van der Waals surface area contributed by atoms with Crippen molar-refractivity contribution in [2.24, 2.45) is 0 Å². The lowest BCUT2D eigenvalue weighted by Crippen LogP contribution is -2.27. The Morgan fingerprint density at radius 3 is 2.00 bits per heavy atom. The number of carbonyl (C=O) groups excluding carboxylic acids is 1. The first-order valence-electron chi connectivity index (χ1n) is 12.7. The Balaban J connectivity index is 1.59. The first-order valence-corrected chi connectivity index (χ1v) is 13.5. The van der Waals surface area contributed by atoms with E-state index in [2.05, 4.69) is 38.1 Å². The molecule has 0 aromatic heterocycles. The second-order valence-corrected chi connectivity index (χ2v) is 10.3. The molecule has 2 unspecified atom stereocenters. The highest BCUT2D eigenvalue weighted by molar-refractivity contribution is 8.04. The minimum Gasteiger partial charge on any atom is -0.511 e. The number of thioether (sulfide) groups is 1. The van der Waals surface area contributed by atoms with Gasteiger partial charge in [-0.1, -0.05) is 92.3 Å². The summed E-state index contributed by atoms with van der Waals surface area (Å²) < 4.78 is 5.88. The summed E-state index contributed by atoms with van der Waals surface area (Å²) in [5.74, 6) is -0.416. The van der Waals surface area contributed by atoms with Crippen LogP contribution in [0.15, 0.2) is 88.4 Å². The van der Waals surface area contributed by atoms with Gasteiger partial charge in [-0.2, -0.15) is 0 Å². The molecule has 1 aliphatic heterocycles. The Morgan fingerprint density at radius 1 is 0.944 bits per heavy atom. The second kappa shape index (κ2) is 11.8. The Bertz CT molecular complexity index is 1180. The van der Waals surface area contributed by atoms with E-state index in [1.807, 2.05) is 48.5 Å². The van der Waals surface area contributed by atoms with Crippen LogP contribution in [0.2, 0.25) is 0 Å². The second-order valence-electron chi connectivity index (χ2n) is 9.26. The SMILES string of the molecule is CCc1cc(SC2=C(O)CC(CC(c3ccccc3)c3ccccc3)OC2=O)c(C(C)O)cc1CC. The summed E-state index contributed by atoms with van der Waals surface area (Å²) in [6.45, 7) is 5.91. The van der Waals surface area contributed by atoms with Gasteiger partial charge in [-0.15, -0.1) is 0 Å². The number of cyclic esters (lactones) is 1. The Morgan fingerprint density at radius 2 is 1.50 bits per heavy atom. The van der Waals surface area contributed by atoms with Crippen molar-refractivity contribution in [3.63, 3.8) is 0 Å². The number of esters is 1. The van der Waals surface area contributed by atoms with Crippen LogP contribution in [-0.4, -0.2) is 22.3 Å². The van der Waals surface area contributed by atoms with E-state index in [1.165, 1.54) is 22.9 Å². The maximum Gasteiger partial charge on any atom is 0.348 e. The molecule has 0 aliphatic carbocycles. The zero-order valence-corrected chi connectivity index (χ0v) is 21.9. The van der Waals surface area contributed by atoms with Crippen molar-refractivity contribution in [3.8, 4) is 0 Å². The Labute approximate surface area is 218 Å². The van der Waals surface area contributed by atoms with E-state index in [1.54, 1.807) is 6.92 Å². The molecule has 0 spiro atoms. The first-order chi connectivity index (χ1) is 17.4. The highest BCUT2D eigenvalue weighted by atomic mass is 32.2. The van der Waals surface area contributed by atoms with Gasteiger partial charge in [0, 0.05) is 17.2 Å². The van der Waals surface area contributed by atoms with Crippen LogP contribution in [0.25, 0.3) is 0 Å². The summed E-state index contributed by atoms with van der Waals surface area (Å²) in [4.78, 5) is 14.1. The Kier molecular flexibility index (Phi) is 8.55. The van der Waals surface area contributed by atoms with Crippen molar-refractivity contribution in [2.45, 2.75) is 69.5 Å². The lowest BCUT2D eigenvalue weighted by Gasteiger charge is -2.28. The quantitative estimate of drug-likeness (QED) is 0.301. The molecule has 36 heavy (non-hydrogen) atoms. The van der Waals surface area contributed by atoms with E-state index in [0.29, 0.717) is 6.42 Å². The highest BCUT2D eigenvalue weighted by Gasteiger charge is 2.33. The van der Waals surface area contributed by atoms with Gasteiger partial charge in [0.2, 0.25) is 0 Å². The molecule has 0 amide bonds. The van der Waals surface area contributed by atoms with Crippen LogP contribution >= 0.6 is 11.8 Å². The molecular formula is C31H34O4S. The van der Waals surface area contributed by atoms with Crippen molar-refractivity contribution >= 4 is 17.7 Å². The molecule has 3 aromatic carbocycles. The predicted molar refractivity (Wildman–Crippen MR) is 145 cm³/mol. The molecule has 1 heterocycles. The van der Waals surface area contributed by atoms with E-state index in [9.17, 15) is 15.0 Å². The smallest absolute Gasteiger partial charge is 0.348 e. The third-order valence-corrected chi connectivity index (χ3v) is 7.98. The van der Waals surface area contributed by atoms with Crippen LogP contribution in [-0.2, 0) is 22.4 Å². The number of aryl methyl sites for hydroxylation is 2. The molecule has 5 heteroatoms. The standard InChI is InChI=1S/C31H34O4S/c1-4-21-16-26(20(3)32)29(17-22(21)5-2)36-30-28(33)19-25(35-31(30)34)18-27(23-12-8-6-9-13-23)24-14-10-7-11-15-24/h6-17,20,25,27,32-33H,4-5,18-19H2,1-3H3. The van der Waals surface area contributed by atoms with Crippen LogP contribution in [0.5, 0.6) is 0 Å². The van der Waals surface area contributed by atoms with Crippen LogP contribution in [0.4, 0.5) is 0 Å². The lowest BCUT2D eigenvalue weighted by atomic mass is 9.85. The maximum absolute atomic E-state index is 13.1. The average molecular weight is 503 g/mol. The van der Waals surface area contributed by atoms with Gasteiger partial charge in [0.05, 0.1) is 6.10 Å². The van der Waals surface area contributed by atoms with Crippen molar-refractivity contribution in [1.82, 2.24) is 0 Å². The fourth-order valence-corrected chi connectivity index (χ4v) is 5.97.